The molecule has 2 heterocycles. The Kier molecular flexibility index (Phi) is 3.02. The number of carbonyl (C=O) groups is 1. The Labute approximate surface area is 120 Å². The van der Waals surface area contributed by atoms with Gasteiger partial charge in [-0.15, -0.1) is 0 Å². The molecule has 1 aromatic carbocycles. The summed E-state index contributed by atoms with van der Waals surface area (Å²) in [5.41, 5.74) is 7.39. The van der Waals surface area contributed by atoms with E-state index in [1.807, 2.05) is 24.3 Å². The third kappa shape index (κ3) is 2.18. The molecule has 1 amide bonds. The molecule has 0 aliphatic carbocycles. The van der Waals surface area contributed by atoms with E-state index < -0.39 is 4.92 Å². The number of hydrogen-bond donors (Lipinski definition) is 1. The highest BCUT2D eigenvalue weighted by Crippen LogP contribution is 2.30. The maximum absolute atomic E-state index is 12.6. The number of nitrogens with zero attached hydrogens (tertiary/aromatic N) is 3. The second kappa shape index (κ2) is 4.86. The van der Waals surface area contributed by atoms with E-state index in [4.69, 9.17) is 5.73 Å². The first-order valence-electron chi connectivity index (χ1n) is 6.37. The number of aromatic nitrogens is 1. The number of hydrogen-bond acceptors (Lipinski definition) is 5. The number of carbonyl (C=O) groups excluding carboxylic acids is 1. The third-order valence-electron chi connectivity index (χ3n) is 3.48. The van der Waals surface area contributed by atoms with Crippen molar-refractivity contribution in [3.05, 3.63) is 57.8 Å². The summed E-state index contributed by atoms with van der Waals surface area (Å²) in [4.78, 5) is 28.1. The molecule has 0 radical (unpaired) electrons. The van der Waals surface area contributed by atoms with Crippen LogP contribution < -0.4 is 10.6 Å². The molecule has 7 heteroatoms. The number of anilines is 2. The Balaban J connectivity index is 2.00. The smallest absolute Gasteiger partial charge is 0.288 e. The Morgan fingerprint density at radius 1 is 1.38 bits per heavy atom. The van der Waals surface area contributed by atoms with Gasteiger partial charge in [-0.3, -0.25) is 14.9 Å². The lowest BCUT2D eigenvalue weighted by molar-refractivity contribution is -0.385. The van der Waals surface area contributed by atoms with Crippen LogP contribution in [0.15, 0.2) is 36.5 Å². The van der Waals surface area contributed by atoms with Crippen molar-refractivity contribution >= 4 is 23.1 Å². The summed E-state index contributed by atoms with van der Waals surface area (Å²) in [5, 5.41) is 10.8. The first-order chi connectivity index (χ1) is 10.1. The standard InChI is InChI=1S/C14H12N4O3/c15-13-11(7-10(8-16-13)18(20)21)14(19)17-6-5-9-3-1-2-4-12(9)17/h1-4,7-8H,5-6H2,(H2,15,16). The van der Waals surface area contributed by atoms with Gasteiger partial charge in [-0.2, -0.15) is 0 Å². The number of fused-ring (bicyclic) bond motifs is 1. The maximum atomic E-state index is 12.6. The fraction of sp³-hybridized carbons (Fsp3) is 0.143. The normalized spacial score (nSPS) is 13.0. The van der Waals surface area contributed by atoms with E-state index in [1.54, 1.807) is 4.90 Å². The molecule has 1 aliphatic heterocycles. The van der Waals surface area contributed by atoms with E-state index in [0.29, 0.717) is 6.54 Å². The van der Waals surface area contributed by atoms with Crippen LogP contribution in [0.2, 0.25) is 0 Å². The van der Waals surface area contributed by atoms with E-state index >= 15 is 0 Å². The van der Waals surface area contributed by atoms with Gasteiger partial charge in [0.05, 0.1) is 10.5 Å². The number of benzene rings is 1. The van der Waals surface area contributed by atoms with Crippen LogP contribution in [-0.2, 0) is 6.42 Å². The van der Waals surface area contributed by atoms with Crippen LogP contribution in [0.1, 0.15) is 15.9 Å². The van der Waals surface area contributed by atoms with Crippen LogP contribution >= 0.6 is 0 Å². The molecule has 1 aliphatic rings. The molecule has 2 aromatic rings. The average Bonchev–Trinajstić information content (AvgIpc) is 2.90. The first kappa shape index (κ1) is 13.0. The fourth-order valence-electron chi connectivity index (χ4n) is 2.43. The second-order valence-electron chi connectivity index (χ2n) is 4.72. The predicted molar refractivity (Wildman–Crippen MR) is 77.1 cm³/mol. The number of nitrogens with two attached hydrogens (primary N) is 1. The molecule has 2 N–H and O–H groups in total. The van der Waals surface area contributed by atoms with Crippen molar-refractivity contribution in [3.63, 3.8) is 0 Å². The third-order valence-corrected chi connectivity index (χ3v) is 3.48. The highest BCUT2D eigenvalue weighted by molar-refractivity contribution is 6.10. The Morgan fingerprint density at radius 3 is 2.90 bits per heavy atom. The summed E-state index contributed by atoms with van der Waals surface area (Å²) in [6.45, 7) is 0.528. The predicted octanol–water partition coefficient (Wildman–Crippen LogP) is 1.77. The van der Waals surface area contributed by atoms with Crippen molar-refractivity contribution in [2.75, 3.05) is 17.2 Å². The van der Waals surface area contributed by atoms with Crippen LogP contribution in [0.4, 0.5) is 17.2 Å². The molecule has 1 aromatic heterocycles. The van der Waals surface area contributed by atoms with Gasteiger partial charge >= 0.3 is 0 Å². The van der Waals surface area contributed by atoms with Crippen molar-refractivity contribution in [1.82, 2.24) is 4.98 Å². The monoisotopic (exact) mass is 284 g/mol. The van der Waals surface area contributed by atoms with E-state index in [1.165, 1.54) is 6.07 Å². The molecule has 7 nitrogen and oxygen atoms in total. The summed E-state index contributed by atoms with van der Waals surface area (Å²) < 4.78 is 0. The molecule has 3 rings (SSSR count). The number of nitrogen functional groups attached to an aromatic ring is 1. The lowest BCUT2D eigenvalue weighted by Crippen LogP contribution is -2.29. The minimum absolute atomic E-state index is 0.00465. The second-order valence-corrected chi connectivity index (χ2v) is 4.72. The lowest BCUT2D eigenvalue weighted by atomic mass is 10.1. The van der Waals surface area contributed by atoms with Crippen LogP contribution in [0.3, 0.4) is 0 Å². The Bertz CT molecular complexity index is 745. The van der Waals surface area contributed by atoms with Gasteiger partial charge in [0.1, 0.15) is 12.0 Å². The maximum Gasteiger partial charge on any atom is 0.288 e. The highest BCUT2D eigenvalue weighted by atomic mass is 16.6. The van der Waals surface area contributed by atoms with Gasteiger partial charge in [0.2, 0.25) is 0 Å². The lowest BCUT2D eigenvalue weighted by Gasteiger charge is -2.17. The SMILES string of the molecule is Nc1ncc([N+](=O)[O-])cc1C(=O)N1CCc2ccccc21. The molecule has 0 atom stereocenters. The van der Waals surface area contributed by atoms with Gasteiger partial charge in [-0.05, 0) is 18.1 Å². The largest absolute Gasteiger partial charge is 0.383 e. The summed E-state index contributed by atoms with van der Waals surface area (Å²) in [7, 11) is 0. The Morgan fingerprint density at radius 2 is 2.14 bits per heavy atom. The first-order valence-corrected chi connectivity index (χ1v) is 6.37. The zero-order valence-electron chi connectivity index (χ0n) is 11.0. The molecule has 21 heavy (non-hydrogen) atoms. The number of pyridine rings is 1. The summed E-state index contributed by atoms with van der Waals surface area (Å²) >= 11 is 0. The van der Waals surface area contributed by atoms with E-state index in [-0.39, 0.29) is 23.0 Å². The summed E-state index contributed by atoms with van der Waals surface area (Å²) in [5.74, 6) is -0.372. The molecule has 106 valence electrons. The van der Waals surface area contributed by atoms with Crippen molar-refractivity contribution < 1.29 is 9.72 Å². The van der Waals surface area contributed by atoms with Gasteiger partial charge in [-0.1, -0.05) is 18.2 Å². The number of amides is 1. The van der Waals surface area contributed by atoms with Crippen molar-refractivity contribution in [3.8, 4) is 0 Å². The van der Waals surface area contributed by atoms with Gasteiger partial charge in [0.25, 0.3) is 11.6 Å². The molecule has 0 spiro atoms. The zero-order chi connectivity index (χ0) is 15.0. The minimum atomic E-state index is -0.596. The van der Waals surface area contributed by atoms with E-state index in [2.05, 4.69) is 4.98 Å². The molecule has 0 saturated heterocycles. The number of nitro groups is 1. The summed E-state index contributed by atoms with van der Waals surface area (Å²) in [6.07, 6.45) is 1.80. The molecule has 0 fully saturated rings. The van der Waals surface area contributed by atoms with Crippen LogP contribution in [0, 0.1) is 10.1 Å². The van der Waals surface area contributed by atoms with Gasteiger partial charge in [0, 0.05) is 18.3 Å². The van der Waals surface area contributed by atoms with Gasteiger partial charge in [0.15, 0.2) is 0 Å². The number of rotatable bonds is 2. The molecule has 0 saturated carbocycles. The topological polar surface area (TPSA) is 102 Å². The highest BCUT2D eigenvalue weighted by Gasteiger charge is 2.27. The van der Waals surface area contributed by atoms with Crippen molar-refractivity contribution in [1.29, 1.82) is 0 Å². The minimum Gasteiger partial charge on any atom is -0.383 e. The van der Waals surface area contributed by atoms with E-state index in [0.717, 1.165) is 23.9 Å². The molecule has 0 unspecified atom stereocenters. The quantitative estimate of drug-likeness (QED) is 0.668. The van der Waals surface area contributed by atoms with Crippen LogP contribution in [-0.4, -0.2) is 22.4 Å². The average molecular weight is 284 g/mol. The van der Waals surface area contributed by atoms with Crippen molar-refractivity contribution in [2.45, 2.75) is 6.42 Å². The Hall–Kier alpha value is -2.96. The van der Waals surface area contributed by atoms with Gasteiger partial charge < -0.3 is 10.6 Å². The van der Waals surface area contributed by atoms with Gasteiger partial charge in [-0.25, -0.2) is 4.98 Å². The molecular formula is C14H12N4O3. The van der Waals surface area contributed by atoms with E-state index in [9.17, 15) is 14.9 Å². The van der Waals surface area contributed by atoms with Crippen LogP contribution in [0.25, 0.3) is 0 Å². The summed E-state index contributed by atoms with van der Waals surface area (Å²) in [6, 6.07) is 8.74. The molecular weight excluding hydrogens is 272 g/mol. The fourth-order valence-corrected chi connectivity index (χ4v) is 2.43. The molecule has 0 bridgehead atoms. The van der Waals surface area contributed by atoms with Crippen molar-refractivity contribution in [2.24, 2.45) is 0 Å². The number of para-hydroxylation sites is 1. The zero-order valence-corrected chi connectivity index (χ0v) is 11.0. The van der Waals surface area contributed by atoms with Crippen LogP contribution in [0.5, 0.6) is 0 Å².